The molecule has 0 aliphatic carbocycles. The van der Waals surface area contributed by atoms with Crippen LogP contribution < -0.4 is 4.90 Å². The molecule has 0 atom stereocenters. The molecule has 110 valence electrons. The summed E-state index contributed by atoms with van der Waals surface area (Å²) in [5.74, 6) is 1.34. The van der Waals surface area contributed by atoms with Crippen molar-refractivity contribution in [3.63, 3.8) is 0 Å². The summed E-state index contributed by atoms with van der Waals surface area (Å²) in [7, 11) is 1.98. The highest BCUT2D eigenvalue weighted by Crippen LogP contribution is 2.23. The average molecular weight is 284 g/mol. The molecule has 2 heterocycles. The predicted molar refractivity (Wildman–Crippen MR) is 83.4 cm³/mol. The van der Waals surface area contributed by atoms with Crippen molar-refractivity contribution in [2.24, 2.45) is 0 Å². The molecule has 0 amide bonds. The number of fused-ring (bicyclic) bond motifs is 1. The van der Waals surface area contributed by atoms with Gasteiger partial charge in [-0.2, -0.15) is 4.98 Å². The lowest BCUT2D eigenvalue weighted by Gasteiger charge is -2.13. The van der Waals surface area contributed by atoms with Crippen LogP contribution in [0.15, 0.2) is 28.8 Å². The molecule has 5 heteroatoms. The number of anilines is 1. The minimum absolute atomic E-state index is 0.636. The van der Waals surface area contributed by atoms with Gasteiger partial charge in [0.1, 0.15) is 0 Å². The number of hydrogen-bond acceptors (Lipinski definition) is 4. The number of aromatic amines is 1. The number of aromatic nitrogens is 3. The predicted octanol–water partition coefficient (Wildman–Crippen LogP) is 3.45. The third-order valence-corrected chi connectivity index (χ3v) is 3.73. The molecule has 2 aromatic heterocycles. The number of aryl methyl sites for hydroxylation is 2. The molecule has 1 N–H and O–H groups in total. The van der Waals surface area contributed by atoms with E-state index in [-0.39, 0.29) is 0 Å². The summed E-state index contributed by atoms with van der Waals surface area (Å²) in [6, 6.07) is 8.34. The Morgan fingerprint density at radius 1 is 1.29 bits per heavy atom. The molecule has 1 aromatic carbocycles. The Kier molecular flexibility index (Phi) is 3.64. The van der Waals surface area contributed by atoms with Crippen LogP contribution in [0.2, 0.25) is 0 Å². The van der Waals surface area contributed by atoms with Gasteiger partial charge in [0.05, 0.1) is 6.54 Å². The maximum Gasteiger partial charge on any atom is 0.266 e. The SMILES string of the molecule is CCCc1nc(N(C)Cc2[nH]c3ccccc3c2C)no1. The fourth-order valence-corrected chi connectivity index (χ4v) is 2.52. The number of benzene rings is 1. The molecule has 0 saturated carbocycles. The fraction of sp³-hybridized carbons (Fsp3) is 0.375. The van der Waals surface area contributed by atoms with Crippen LogP contribution in [0.3, 0.4) is 0 Å². The minimum atomic E-state index is 0.636. The normalized spacial score (nSPS) is 11.2. The van der Waals surface area contributed by atoms with Gasteiger partial charge < -0.3 is 14.4 Å². The van der Waals surface area contributed by atoms with Crippen molar-refractivity contribution in [3.05, 3.63) is 41.4 Å². The van der Waals surface area contributed by atoms with Gasteiger partial charge in [0.15, 0.2) is 0 Å². The van der Waals surface area contributed by atoms with Crippen molar-refractivity contribution in [1.82, 2.24) is 15.1 Å². The highest BCUT2D eigenvalue weighted by atomic mass is 16.5. The molecule has 0 unspecified atom stereocenters. The van der Waals surface area contributed by atoms with E-state index in [2.05, 4.69) is 47.2 Å². The second-order valence-corrected chi connectivity index (χ2v) is 5.37. The third-order valence-electron chi connectivity index (χ3n) is 3.73. The topological polar surface area (TPSA) is 58.0 Å². The van der Waals surface area contributed by atoms with Crippen molar-refractivity contribution in [1.29, 1.82) is 0 Å². The van der Waals surface area contributed by atoms with Gasteiger partial charge in [0.2, 0.25) is 5.89 Å². The van der Waals surface area contributed by atoms with Crippen LogP contribution in [0.1, 0.15) is 30.5 Å². The van der Waals surface area contributed by atoms with Crippen LogP contribution >= 0.6 is 0 Å². The van der Waals surface area contributed by atoms with E-state index in [1.807, 2.05) is 18.0 Å². The maximum atomic E-state index is 5.24. The first kappa shape index (κ1) is 13.7. The second-order valence-electron chi connectivity index (χ2n) is 5.37. The number of rotatable bonds is 5. The Bertz CT molecular complexity index is 744. The van der Waals surface area contributed by atoms with Crippen molar-refractivity contribution in [2.75, 3.05) is 11.9 Å². The first-order valence-corrected chi connectivity index (χ1v) is 7.29. The van der Waals surface area contributed by atoms with Crippen LogP contribution in [-0.4, -0.2) is 22.2 Å². The quantitative estimate of drug-likeness (QED) is 0.779. The molecule has 3 aromatic rings. The largest absolute Gasteiger partial charge is 0.357 e. The van der Waals surface area contributed by atoms with Crippen LogP contribution in [0.4, 0.5) is 5.95 Å². The van der Waals surface area contributed by atoms with E-state index >= 15 is 0 Å². The van der Waals surface area contributed by atoms with E-state index in [1.54, 1.807) is 0 Å². The van der Waals surface area contributed by atoms with E-state index in [4.69, 9.17) is 4.52 Å². The van der Waals surface area contributed by atoms with Crippen LogP contribution in [0.5, 0.6) is 0 Å². The summed E-state index contributed by atoms with van der Waals surface area (Å²) < 4.78 is 5.24. The molecule has 0 fully saturated rings. The molecule has 3 rings (SSSR count). The zero-order valence-electron chi connectivity index (χ0n) is 12.7. The lowest BCUT2D eigenvalue weighted by atomic mass is 10.1. The molecule has 0 spiro atoms. The molecule has 0 bridgehead atoms. The number of para-hydroxylation sites is 1. The lowest BCUT2D eigenvalue weighted by Crippen LogP contribution is -2.18. The Labute approximate surface area is 124 Å². The molecule has 21 heavy (non-hydrogen) atoms. The summed E-state index contributed by atoms with van der Waals surface area (Å²) in [6.45, 7) is 4.97. The van der Waals surface area contributed by atoms with Gasteiger partial charge in [-0.3, -0.25) is 0 Å². The minimum Gasteiger partial charge on any atom is -0.357 e. The summed E-state index contributed by atoms with van der Waals surface area (Å²) >= 11 is 0. The van der Waals surface area contributed by atoms with Gasteiger partial charge >= 0.3 is 0 Å². The average Bonchev–Trinajstić information content (AvgIpc) is 3.06. The van der Waals surface area contributed by atoms with E-state index in [9.17, 15) is 0 Å². The molecule has 0 saturated heterocycles. The Morgan fingerprint density at radius 3 is 2.86 bits per heavy atom. The number of nitrogens with one attached hydrogen (secondary N) is 1. The molecule has 5 nitrogen and oxygen atoms in total. The van der Waals surface area contributed by atoms with Crippen molar-refractivity contribution < 1.29 is 4.52 Å². The van der Waals surface area contributed by atoms with E-state index in [0.717, 1.165) is 24.9 Å². The summed E-state index contributed by atoms with van der Waals surface area (Å²) in [5, 5.41) is 5.30. The number of H-pyrrole nitrogens is 1. The van der Waals surface area contributed by atoms with Gasteiger partial charge in [0, 0.05) is 30.1 Å². The van der Waals surface area contributed by atoms with Crippen LogP contribution in [0, 0.1) is 6.92 Å². The van der Waals surface area contributed by atoms with Crippen molar-refractivity contribution in [3.8, 4) is 0 Å². The van der Waals surface area contributed by atoms with Crippen LogP contribution in [0.25, 0.3) is 10.9 Å². The first-order chi connectivity index (χ1) is 10.2. The molecule has 0 aliphatic heterocycles. The standard InChI is InChI=1S/C16H20N4O/c1-4-7-15-18-16(19-21-15)20(3)10-14-11(2)12-8-5-6-9-13(12)17-14/h5-6,8-9,17H,4,7,10H2,1-3H3. The Balaban J connectivity index is 1.82. The zero-order chi connectivity index (χ0) is 14.8. The smallest absolute Gasteiger partial charge is 0.266 e. The highest BCUT2D eigenvalue weighted by molar-refractivity contribution is 5.84. The van der Waals surface area contributed by atoms with Gasteiger partial charge in [-0.15, -0.1) is 0 Å². The third kappa shape index (κ3) is 2.63. The lowest BCUT2D eigenvalue weighted by molar-refractivity contribution is 0.376. The van der Waals surface area contributed by atoms with E-state index in [0.29, 0.717) is 11.8 Å². The summed E-state index contributed by atoms with van der Waals surface area (Å²) in [6.07, 6.45) is 1.83. The Morgan fingerprint density at radius 2 is 2.10 bits per heavy atom. The van der Waals surface area contributed by atoms with E-state index in [1.165, 1.54) is 16.6 Å². The van der Waals surface area contributed by atoms with E-state index < -0.39 is 0 Å². The monoisotopic (exact) mass is 284 g/mol. The van der Waals surface area contributed by atoms with Crippen molar-refractivity contribution >= 4 is 16.9 Å². The van der Waals surface area contributed by atoms with Gasteiger partial charge in [-0.1, -0.05) is 25.1 Å². The number of nitrogens with zero attached hydrogens (tertiary/aromatic N) is 3. The number of hydrogen-bond donors (Lipinski definition) is 1. The Hall–Kier alpha value is -2.30. The van der Waals surface area contributed by atoms with Gasteiger partial charge in [0.25, 0.3) is 5.95 Å². The summed E-state index contributed by atoms with van der Waals surface area (Å²) in [5.41, 5.74) is 3.62. The van der Waals surface area contributed by atoms with Gasteiger partial charge in [-0.25, -0.2) is 0 Å². The fourth-order valence-electron chi connectivity index (χ4n) is 2.52. The molecular formula is C16H20N4O. The first-order valence-electron chi connectivity index (χ1n) is 7.29. The molecular weight excluding hydrogens is 264 g/mol. The summed E-state index contributed by atoms with van der Waals surface area (Å²) in [4.78, 5) is 9.88. The molecule has 0 radical (unpaired) electrons. The zero-order valence-corrected chi connectivity index (χ0v) is 12.7. The second kappa shape index (κ2) is 5.60. The maximum absolute atomic E-state index is 5.24. The van der Waals surface area contributed by atoms with Crippen LogP contribution in [-0.2, 0) is 13.0 Å². The molecule has 0 aliphatic rings. The van der Waals surface area contributed by atoms with Crippen molar-refractivity contribution in [2.45, 2.75) is 33.2 Å². The highest BCUT2D eigenvalue weighted by Gasteiger charge is 2.14. The van der Waals surface area contributed by atoms with Gasteiger partial charge in [-0.05, 0) is 30.1 Å².